The Morgan fingerprint density at radius 1 is 1.00 bits per heavy atom. The fourth-order valence-electron chi connectivity index (χ4n) is 1.77. The Labute approximate surface area is 131 Å². The lowest BCUT2D eigenvalue weighted by Crippen LogP contribution is -2.23. The molecular formula is C14H10BrF5N2. The van der Waals surface area contributed by atoms with Crippen molar-refractivity contribution < 1.29 is 22.0 Å². The zero-order chi connectivity index (χ0) is 16.3. The summed E-state index contributed by atoms with van der Waals surface area (Å²) >= 11 is 2.67. The van der Waals surface area contributed by atoms with E-state index in [2.05, 4.69) is 26.8 Å². The molecule has 0 fully saturated rings. The Morgan fingerprint density at radius 2 is 1.64 bits per heavy atom. The largest absolute Gasteiger partial charge is 0.419 e. The number of alkyl halides is 3. The maximum absolute atomic E-state index is 13.9. The molecular weight excluding hydrogens is 371 g/mol. The lowest BCUT2D eigenvalue weighted by molar-refractivity contribution is -0.140. The molecule has 0 amide bonds. The van der Waals surface area contributed by atoms with E-state index in [9.17, 15) is 22.0 Å². The SMILES string of the molecule is Fc1c(Br)cc(C(F)(F)F)c(F)c1CNNc1ccccc1. The second-order valence-electron chi connectivity index (χ2n) is 4.35. The van der Waals surface area contributed by atoms with Crippen molar-refractivity contribution >= 4 is 21.6 Å². The van der Waals surface area contributed by atoms with Crippen LogP contribution in [0.2, 0.25) is 0 Å². The number of rotatable bonds is 4. The minimum Gasteiger partial charge on any atom is -0.321 e. The van der Waals surface area contributed by atoms with Gasteiger partial charge in [-0.05, 0) is 34.1 Å². The summed E-state index contributed by atoms with van der Waals surface area (Å²) in [5, 5.41) is 0. The highest BCUT2D eigenvalue weighted by molar-refractivity contribution is 9.10. The van der Waals surface area contributed by atoms with Gasteiger partial charge in [0.05, 0.1) is 10.0 Å². The molecule has 118 valence electrons. The molecule has 0 spiro atoms. The van der Waals surface area contributed by atoms with Crippen molar-refractivity contribution in [3.63, 3.8) is 0 Å². The summed E-state index contributed by atoms with van der Waals surface area (Å²) in [7, 11) is 0. The highest BCUT2D eigenvalue weighted by atomic mass is 79.9. The monoisotopic (exact) mass is 380 g/mol. The molecule has 0 heterocycles. The molecule has 0 atom stereocenters. The average Bonchev–Trinajstić information content (AvgIpc) is 2.46. The van der Waals surface area contributed by atoms with Crippen LogP contribution in [-0.4, -0.2) is 0 Å². The summed E-state index contributed by atoms with van der Waals surface area (Å²) in [5.74, 6) is -2.71. The van der Waals surface area contributed by atoms with E-state index in [1.54, 1.807) is 30.3 Å². The minimum atomic E-state index is -4.90. The van der Waals surface area contributed by atoms with Gasteiger partial charge in [0.15, 0.2) is 0 Å². The number of hydrazine groups is 1. The van der Waals surface area contributed by atoms with Crippen LogP contribution in [-0.2, 0) is 12.7 Å². The second-order valence-corrected chi connectivity index (χ2v) is 5.21. The Kier molecular flexibility index (Phi) is 5.02. The smallest absolute Gasteiger partial charge is 0.321 e. The number of hydrogen-bond acceptors (Lipinski definition) is 2. The van der Waals surface area contributed by atoms with Gasteiger partial charge in [0.1, 0.15) is 11.6 Å². The summed E-state index contributed by atoms with van der Waals surface area (Å²) in [4.78, 5) is 0. The first-order valence-electron chi connectivity index (χ1n) is 6.08. The van der Waals surface area contributed by atoms with E-state index in [1.807, 2.05) is 0 Å². The van der Waals surface area contributed by atoms with Crippen LogP contribution in [0.15, 0.2) is 40.9 Å². The van der Waals surface area contributed by atoms with Crippen LogP contribution >= 0.6 is 15.9 Å². The number of anilines is 1. The summed E-state index contributed by atoms with van der Waals surface area (Å²) in [5.41, 5.74) is 3.52. The molecule has 22 heavy (non-hydrogen) atoms. The molecule has 0 unspecified atom stereocenters. The summed E-state index contributed by atoms with van der Waals surface area (Å²) < 4.78 is 65.4. The van der Waals surface area contributed by atoms with Gasteiger partial charge in [0, 0.05) is 17.8 Å². The predicted octanol–water partition coefficient (Wildman–Crippen LogP) is 4.86. The minimum absolute atomic E-state index is 0.388. The molecule has 0 radical (unpaired) electrons. The molecule has 2 aromatic carbocycles. The number of para-hydroxylation sites is 1. The standard InChI is InChI=1S/C14H10BrF5N2/c15-11-6-10(14(18,19)20)12(16)9(13(11)17)7-21-22-8-4-2-1-3-5-8/h1-6,21-22H,7H2. The van der Waals surface area contributed by atoms with E-state index in [0.29, 0.717) is 11.8 Å². The number of nitrogens with one attached hydrogen (secondary N) is 2. The molecule has 0 aliphatic heterocycles. The van der Waals surface area contributed by atoms with Crippen LogP contribution in [0.3, 0.4) is 0 Å². The molecule has 0 bridgehead atoms. The molecule has 0 saturated heterocycles. The zero-order valence-corrected chi connectivity index (χ0v) is 12.5. The highest BCUT2D eigenvalue weighted by Gasteiger charge is 2.36. The summed E-state index contributed by atoms with van der Waals surface area (Å²) in [6.45, 7) is -0.463. The molecule has 0 aliphatic rings. The fourth-order valence-corrected chi connectivity index (χ4v) is 2.24. The second kappa shape index (κ2) is 6.62. The van der Waals surface area contributed by atoms with Crippen LogP contribution < -0.4 is 10.9 Å². The molecule has 8 heteroatoms. The van der Waals surface area contributed by atoms with E-state index in [4.69, 9.17) is 0 Å². The van der Waals surface area contributed by atoms with Gasteiger partial charge in [0.25, 0.3) is 0 Å². The van der Waals surface area contributed by atoms with Crippen molar-refractivity contribution in [1.29, 1.82) is 0 Å². The van der Waals surface area contributed by atoms with Crippen LogP contribution in [0, 0.1) is 11.6 Å². The Bertz CT molecular complexity index is 659. The maximum atomic E-state index is 13.9. The van der Waals surface area contributed by atoms with E-state index in [-0.39, 0.29) is 0 Å². The van der Waals surface area contributed by atoms with Gasteiger partial charge in [0.2, 0.25) is 0 Å². The molecule has 2 nitrogen and oxygen atoms in total. The molecule has 0 aromatic heterocycles. The summed E-state index contributed by atoms with van der Waals surface area (Å²) in [6.07, 6.45) is -4.90. The van der Waals surface area contributed by atoms with E-state index < -0.39 is 40.0 Å². The van der Waals surface area contributed by atoms with Gasteiger partial charge in [-0.2, -0.15) is 13.2 Å². The van der Waals surface area contributed by atoms with E-state index in [1.165, 1.54) is 0 Å². The van der Waals surface area contributed by atoms with Gasteiger partial charge in [-0.1, -0.05) is 18.2 Å². The maximum Gasteiger partial charge on any atom is 0.419 e. The molecule has 2 rings (SSSR count). The lowest BCUT2D eigenvalue weighted by Gasteiger charge is -2.15. The molecule has 2 aromatic rings. The van der Waals surface area contributed by atoms with Gasteiger partial charge < -0.3 is 5.43 Å². The highest BCUT2D eigenvalue weighted by Crippen LogP contribution is 2.36. The first-order valence-corrected chi connectivity index (χ1v) is 6.87. The quantitative estimate of drug-likeness (QED) is 0.449. The molecule has 0 aliphatic carbocycles. The Morgan fingerprint density at radius 3 is 2.23 bits per heavy atom. The zero-order valence-electron chi connectivity index (χ0n) is 10.9. The Hall–Kier alpha value is -1.67. The van der Waals surface area contributed by atoms with Gasteiger partial charge in [-0.3, -0.25) is 0 Å². The average molecular weight is 381 g/mol. The molecule has 0 saturated carbocycles. The van der Waals surface area contributed by atoms with Crippen molar-refractivity contribution in [1.82, 2.24) is 5.43 Å². The van der Waals surface area contributed by atoms with Crippen LogP contribution in [0.25, 0.3) is 0 Å². The third-order valence-corrected chi connectivity index (χ3v) is 3.40. The van der Waals surface area contributed by atoms with Crippen molar-refractivity contribution in [2.45, 2.75) is 12.7 Å². The topological polar surface area (TPSA) is 24.1 Å². The normalized spacial score (nSPS) is 11.5. The van der Waals surface area contributed by atoms with Gasteiger partial charge in [-0.15, -0.1) is 0 Å². The third-order valence-electron chi connectivity index (χ3n) is 2.82. The van der Waals surface area contributed by atoms with Crippen molar-refractivity contribution in [3.8, 4) is 0 Å². The van der Waals surface area contributed by atoms with Crippen molar-refractivity contribution in [2.24, 2.45) is 0 Å². The predicted molar refractivity (Wildman–Crippen MR) is 76.0 cm³/mol. The van der Waals surface area contributed by atoms with E-state index >= 15 is 0 Å². The lowest BCUT2D eigenvalue weighted by atomic mass is 10.1. The van der Waals surface area contributed by atoms with Crippen LogP contribution in [0.4, 0.5) is 27.6 Å². The first kappa shape index (κ1) is 16.7. The number of halogens is 6. The Balaban J connectivity index is 2.21. The van der Waals surface area contributed by atoms with Crippen molar-refractivity contribution in [3.05, 3.63) is 63.6 Å². The van der Waals surface area contributed by atoms with Gasteiger partial charge >= 0.3 is 6.18 Å². The summed E-state index contributed by atoms with van der Waals surface area (Å²) in [6, 6.07) is 8.98. The first-order chi connectivity index (χ1) is 10.3. The fraction of sp³-hybridized carbons (Fsp3) is 0.143. The number of benzene rings is 2. The molecule has 2 N–H and O–H groups in total. The third kappa shape index (κ3) is 3.75. The van der Waals surface area contributed by atoms with Gasteiger partial charge in [-0.25, -0.2) is 14.2 Å². The van der Waals surface area contributed by atoms with E-state index in [0.717, 1.165) is 0 Å². The number of hydrogen-bond donors (Lipinski definition) is 2. The van der Waals surface area contributed by atoms with Crippen LogP contribution in [0.1, 0.15) is 11.1 Å². The van der Waals surface area contributed by atoms with Crippen LogP contribution in [0.5, 0.6) is 0 Å². The van der Waals surface area contributed by atoms with Crippen molar-refractivity contribution in [2.75, 3.05) is 5.43 Å².